The van der Waals surface area contributed by atoms with E-state index in [1.165, 1.54) is 4.88 Å². The molecule has 148 valence electrons. The number of nitrogens with zero attached hydrogens (tertiary/aromatic N) is 1. The van der Waals surface area contributed by atoms with Crippen molar-refractivity contribution in [2.24, 2.45) is 23.2 Å². The second-order valence-corrected chi connectivity index (χ2v) is 10.2. The molecule has 1 aromatic rings. The molecule has 1 saturated carbocycles. The van der Waals surface area contributed by atoms with Gasteiger partial charge in [0, 0.05) is 28.7 Å². The summed E-state index contributed by atoms with van der Waals surface area (Å²) < 4.78 is 5.87. The first kappa shape index (κ1) is 18.7. The molecule has 0 spiro atoms. The van der Waals surface area contributed by atoms with Crippen molar-refractivity contribution in [1.82, 2.24) is 10.3 Å². The van der Waals surface area contributed by atoms with E-state index in [1.54, 1.807) is 11.3 Å². The second-order valence-electron chi connectivity index (χ2n) is 9.12. The van der Waals surface area contributed by atoms with Crippen LogP contribution in [0.15, 0.2) is 0 Å². The summed E-state index contributed by atoms with van der Waals surface area (Å²) in [4.78, 5) is 30.3. The molecule has 0 aromatic carbocycles. The maximum atomic E-state index is 12.2. The lowest BCUT2D eigenvalue weighted by Gasteiger charge is -2.51. The number of fused-ring (bicyclic) bond motifs is 4. The minimum atomic E-state index is -0.217. The fourth-order valence-electron chi connectivity index (χ4n) is 5.53. The molecular weight excluding hydrogens is 362 g/mol. The van der Waals surface area contributed by atoms with Gasteiger partial charge in [0.25, 0.3) is 0 Å². The molecule has 2 aliphatic carbocycles. The molecule has 6 nitrogen and oxygen atoms in total. The highest BCUT2D eigenvalue weighted by Gasteiger charge is 2.58. The van der Waals surface area contributed by atoms with Crippen LogP contribution in [0.3, 0.4) is 0 Å². The summed E-state index contributed by atoms with van der Waals surface area (Å²) in [5.41, 5.74) is 1.18. The van der Waals surface area contributed by atoms with Crippen LogP contribution < -0.4 is 10.6 Å². The summed E-state index contributed by atoms with van der Waals surface area (Å²) in [5.74, 6) is 0.785. The molecule has 27 heavy (non-hydrogen) atoms. The summed E-state index contributed by atoms with van der Waals surface area (Å²) in [5, 5.41) is 6.37. The predicted molar refractivity (Wildman–Crippen MR) is 105 cm³/mol. The highest BCUT2D eigenvalue weighted by molar-refractivity contribution is 7.15. The van der Waals surface area contributed by atoms with Crippen molar-refractivity contribution >= 4 is 28.5 Å². The van der Waals surface area contributed by atoms with Gasteiger partial charge in [-0.2, -0.15) is 0 Å². The van der Waals surface area contributed by atoms with E-state index in [9.17, 15) is 9.59 Å². The molecule has 2 fully saturated rings. The minimum absolute atomic E-state index is 0.000498. The number of carbonyl (C=O) groups excluding carboxylic acids is 2. The van der Waals surface area contributed by atoms with Gasteiger partial charge in [-0.25, -0.2) is 9.78 Å². The SMILES string of the molecule is CC(C)NC(=O)Nc1nc2c(s1)CC1(C)CCC3C(C)C(=O)OC3C1C2C. The average Bonchev–Trinajstić information content (AvgIpc) is 3.07. The van der Waals surface area contributed by atoms with Crippen molar-refractivity contribution in [2.75, 3.05) is 5.32 Å². The third-order valence-corrected chi connectivity index (χ3v) is 7.78. The molecule has 2 heterocycles. The van der Waals surface area contributed by atoms with E-state index >= 15 is 0 Å². The third kappa shape index (κ3) is 3.04. The standard InChI is InChI=1S/C20H29N3O3S/c1-9(2)21-18(25)23-19-22-15-11(4)14-16-12(10(3)17(24)26-16)6-7-20(14,5)8-13(15)27-19/h9-12,14,16H,6-8H2,1-5H3,(H2,21,22,23,25). The van der Waals surface area contributed by atoms with Crippen molar-refractivity contribution in [3.8, 4) is 0 Å². The van der Waals surface area contributed by atoms with Crippen molar-refractivity contribution in [3.05, 3.63) is 10.6 Å². The molecule has 0 radical (unpaired) electrons. The highest BCUT2D eigenvalue weighted by Crippen LogP contribution is 2.59. The van der Waals surface area contributed by atoms with Crippen LogP contribution in [-0.2, 0) is 16.0 Å². The van der Waals surface area contributed by atoms with Crippen LogP contribution >= 0.6 is 11.3 Å². The number of urea groups is 1. The van der Waals surface area contributed by atoms with E-state index in [0.717, 1.165) is 25.0 Å². The Labute approximate surface area is 164 Å². The first-order chi connectivity index (χ1) is 12.7. The summed E-state index contributed by atoms with van der Waals surface area (Å²) in [6, 6.07) is -0.137. The van der Waals surface area contributed by atoms with Crippen LogP contribution in [0.2, 0.25) is 0 Å². The topological polar surface area (TPSA) is 80.3 Å². The minimum Gasteiger partial charge on any atom is -0.461 e. The fourth-order valence-corrected chi connectivity index (χ4v) is 6.79. The molecule has 1 aromatic heterocycles. The smallest absolute Gasteiger partial charge is 0.321 e. The van der Waals surface area contributed by atoms with Gasteiger partial charge >= 0.3 is 12.0 Å². The Kier molecular flexibility index (Phi) is 4.48. The number of hydrogen-bond donors (Lipinski definition) is 2. The van der Waals surface area contributed by atoms with Crippen molar-refractivity contribution in [2.45, 2.75) is 71.9 Å². The Morgan fingerprint density at radius 1 is 1.33 bits per heavy atom. The van der Waals surface area contributed by atoms with Crippen LogP contribution in [0.1, 0.15) is 63.9 Å². The van der Waals surface area contributed by atoms with Crippen LogP contribution in [0.4, 0.5) is 9.93 Å². The zero-order valence-electron chi connectivity index (χ0n) is 16.7. The van der Waals surface area contributed by atoms with E-state index in [2.05, 4.69) is 24.5 Å². The number of nitrogens with one attached hydrogen (secondary N) is 2. The zero-order chi connectivity index (χ0) is 19.5. The number of anilines is 1. The lowest BCUT2D eigenvalue weighted by atomic mass is 9.54. The third-order valence-electron chi connectivity index (χ3n) is 6.80. The van der Waals surface area contributed by atoms with Crippen LogP contribution in [-0.4, -0.2) is 29.1 Å². The molecule has 7 heteroatoms. The summed E-state index contributed by atoms with van der Waals surface area (Å²) >= 11 is 1.58. The lowest BCUT2D eigenvalue weighted by Crippen LogP contribution is -2.50. The zero-order valence-corrected chi connectivity index (χ0v) is 17.5. The maximum Gasteiger partial charge on any atom is 0.321 e. The number of amides is 2. The number of esters is 1. The fraction of sp³-hybridized carbons (Fsp3) is 0.750. The van der Waals surface area contributed by atoms with E-state index in [4.69, 9.17) is 9.72 Å². The van der Waals surface area contributed by atoms with Gasteiger partial charge in [0.15, 0.2) is 5.13 Å². The van der Waals surface area contributed by atoms with Gasteiger partial charge in [-0.15, -0.1) is 11.3 Å². The van der Waals surface area contributed by atoms with Crippen molar-refractivity contribution in [3.63, 3.8) is 0 Å². The Balaban J connectivity index is 1.61. The molecule has 6 atom stereocenters. The van der Waals surface area contributed by atoms with Gasteiger partial charge in [-0.05, 0) is 38.5 Å². The average molecular weight is 392 g/mol. The molecular formula is C20H29N3O3S. The van der Waals surface area contributed by atoms with Gasteiger partial charge in [0.1, 0.15) is 6.10 Å². The normalized spacial score (nSPS) is 37.3. The highest BCUT2D eigenvalue weighted by atomic mass is 32.1. The number of ether oxygens (including phenoxy) is 1. The lowest BCUT2D eigenvalue weighted by molar-refractivity contribution is -0.149. The van der Waals surface area contributed by atoms with Crippen molar-refractivity contribution in [1.29, 1.82) is 0 Å². The molecule has 0 bridgehead atoms. The molecule has 2 N–H and O–H groups in total. The Morgan fingerprint density at radius 3 is 2.78 bits per heavy atom. The van der Waals surface area contributed by atoms with E-state index in [-0.39, 0.29) is 47.3 Å². The molecule has 1 saturated heterocycles. The summed E-state index contributed by atoms with van der Waals surface area (Å²) in [6.45, 7) is 10.4. The second kappa shape index (κ2) is 6.47. The number of rotatable bonds is 2. The van der Waals surface area contributed by atoms with Gasteiger partial charge in [-0.3, -0.25) is 10.1 Å². The number of aromatic nitrogens is 1. The first-order valence-electron chi connectivity index (χ1n) is 9.97. The molecule has 6 unspecified atom stereocenters. The molecule has 2 amide bonds. The van der Waals surface area contributed by atoms with E-state index in [1.807, 2.05) is 20.8 Å². The van der Waals surface area contributed by atoms with Crippen LogP contribution in [0, 0.1) is 23.2 Å². The first-order valence-corrected chi connectivity index (χ1v) is 10.8. The maximum absolute atomic E-state index is 12.2. The van der Waals surface area contributed by atoms with Gasteiger partial charge in [0.05, 0.1) is 11.6 Å². The monoisotopic (exact) mass is 391 g/mol. The molecule has 1 aliphatic heterocycles. The number of carbonyl (C=O) groups is 2. The van der Waals surface area contributed by atoms with Gasteiger partial charge in [0.2, 0.25) is 0 Å². The van der Waals surface area contributed by atoms with Gasteiger partial charge < -0.3 is 10.1 Å². The number of hydrogen-bond acceptors (Lipinski definition) is 5. The largest absolute Gasteiger partial charge is 0.461 e. The molecule has 4 rings (SSSR count). The number of thiazole rings is 1. The predicted octanol–water partition coefficient (Wildman–Crippen LogP) is 3.93. The summed E-state index contributed by atoms with van der Waals surface area (Å²) in [6.07, 6.45) is 3.10. The van der Waals surface area contributed by atoms with Crippen LogP contribution in [0.5, 0.6) is 0 Å². The van der Waals surface area contributed by atoms with Gasteiger partial charge in [-0.1, -0.05) is 20.8 Å². The quantitative estimate of drug-likeness (QED) is 0.749. The Hall–Kier alpha value is -1.63. The van der Waals surface area contributed by atoms with E-state index in [0.29, 0.717) is 11.0 Å². The van der Waals surface area contributed by atoms with Crippen molar-refractivity contribution < 1.29 is 14.3 Å². The Bertz CT molecular complexity index is 777. The van der Waals surface area contributed by atoms with E-state index < -0.39 is 0 Å². The van der Waals surface area contributed by atoms with Crippen LogP contribution in [0.25, 0.3) is 0 Å². The molecule has 3 aliphatic rings. The summed E-state index contributed by atoms with van der Waals surface area (Å²) in [7, 11) is 0. The Morgan fingerprint density at radius 2 is 2.07 bits per heavy atom.